The molecule has 1 N–H and O–H groups in total. The van der Waals surface area contributed by atoms with Gasteiger partial charge in [0, 0.05) is 43.0 Å². The first-order valence-corrected chi connectivity index (χ1v) is 13.4. The van der Waals surface area contributed by atoms with Crippen LogP contribution in [0, 0.1) is 0 Å². The van der Waals surface area contributed by atoms with E-state index in [0.29, 0.717) is 18.1 Å². The number of allylic oxidation sites excluding steroid dienone is 4. The standard InChI is InChI=1S/C29H35FN8/c1-3-22(20-34-33-11-15-37-12-6-7-13-37)25-17-24-16-23(9-10-26(24)31-19-25)27(30)28-35-36-29-32-18-21(2)8-4-5-14-38(28)29/h3,8-10,16-20,27,33H,4-7,11-15H2,1-2H3/b21-8+,22-3+,32-18?,34-20-. The molecule has 5 rings (SSSR count). The van der Waals surface area contributed by atoms with Gasteiger partial charge in [0.15, 0.2) is 12.0 Å². The van der Waals surface area contributed by atoms with Crippen LogP contribution in [-0.2, 0) is 6.54 Å². The van der Waals surface area contributed by atoms with Gasteiger partial charge in [-0.05, 0) is 87.5 Å². The van der Waals surface area contributed by atoms with Crippen LogP contribution in [0.1, 0.15) is 62.7 Å². The molecule has 0 spiro atoms. The minimum atomic E-state index is -1.42. The molecular formula is C29H35FN8. The summed E-state index contributed by atoms with van der Waals surface area (Å²) in [5.41, 5.74) is 7.43. The number of hydrogen-bond acceptors (Lipinski definition) is 7. The Morgan fingerprint density at radius 1 is 1.16 bits per heavy atom. The normalized spacial score (nSPS) is 19.1. The zero-order valence-electron chi connectivity index (χ0n) is 22.1. The summed E-state index contributed by atoms with van der Waals surface area (Å²) in [6.07, 6.45) is 12.5. The van der Waals surface area contributed by atoms with E-state index in [0.717, 1.165) is 53.5 Å². The first-order chi connectivity index (χ1) is 18.6. The molecule has 8 nitrogen and oxygen atoms in total. The lowest BCUT2D eigenvalue weighted by Crippen LogP contribution is -2.27. The van der Waals surface area contributed by atoms with Gasteiger partial charge in [0.05, 0.1) is 11.7 Å². The van der Waals surface area contributed by atoms with E-state index < -0.39 is 6.17 Å². The van der Waals surface area contributed by atoms with E-state index in [4.69, 9.17) is 0 Å². The molecule has 2 aromatic heterocycles. The monoisotopic (exact) mass is 514 g/mol. The van der Waals surface area contributed by atoms with E-state index in [-0.39, 0.29) is 5.82 Å². The molecule has 38 heavy (non-hydrogen) atoms. The molecule has 3 aromatic rings. The average Bonchev–Trinajstić information content (AvgIpc) is 3.61. The third kappa shape index (κ3) is 6.05. The largest absolute Gasteiger partial charge is 0.309 e. The van der Waals surface area contributed by atoms with Crippen molar-refractivity contribution < 1.29 is 4.39 Å². The number of benzene rings is 1. The van der Waals surface area contributed by atoms with Crippen LogP contribution in [0.25, 0.3) is 16.5 Å². The molecular weight excluding hydrogens is 479 g/mol. The van der Waals surface area contributed by atoms with Gasteiger partial charge in [0.25, 0.3) is 5.95 Å². The van der Waals surface area contributed by atoms with Gasteiger partial charge in [-0.3, -0.25) is 9.55 Å². The van der Waals surface area contributed by atoms with E-state index in [1.807, 2.05) is 50.5 Å². The summed E-state index contributed by atoms with van der Waals surface area (Å²) in [5, 5.41) is 13.6. The summed E-state index contributed by atoms with van der Waals surface area (Å²) in [7, 11) is 0. The van der Waals surface area contributed by atoms with E-state index in [1.165, 1.54) is 25.9 Å². The van der Waals surface area contributed by atoms with Gasteiger partial charge in [0.1, 0.15) is 0 Å². The van der Waals surface area contributed by atoms with Crippen molar-refractivity contribution in [2.45, 2.75) is 52.2 Å². The van der Waals surface area contributed by atoms with E-state index in [1.54, 1.807) is 16.8 Å². The SMILES string of the molecule is C/C=C(\C=N/NCCN1CCCC1)c1cnc2ccc(C(F)c3nnc4n3CCC/C=C(\C)C=N4)cc2c1. The van der Waals surface area contributed by atoms with Crippen LogP contribution >= 0.6 is 0 Å². The Balaban J connectivity index is 1.33. The van der Waals surface area contributed by atoms with Gasteiger partial charge in [-0.1, -0.05) is 18.2 Å². The second-order valence-electron chi connectivity index (χ2n) is 9.86. The number of aliphatic imine (C=N–C) groups is 1. The minimum absolute atomic E-state index is 0.279. The van der Waals surface area contributed by atoms with Gasteiger partial charge in [-0.2, -0.15) is 5.10 Å². The van der Waals surface area contributed by atoms with Gasteiger partial charge in [-0.25, -0.2) is 9.38 Å². The van der Waals surface area contributed by atoms with Crippen molar-refractivity contribution >= 4 is 34.9 Å². The Labute approximate surface area is 223 Å². The van der Waals surface area contributed by atoms with Crippen LogP contribution in [0.5, 0.6) is 0 Å². The molecule has 1 aromatic carbocycles. The van der Waals surface area contributed by atoms with Crippen LogP contribution in [0.15, 0.2) is 58.3 Å². The highest BCUT2D eigenvalue weighted by molar-refractivity contribution is 6.10. The number of rotatable bonds is 8. The molecule has 9 heteroatoms. The molecule has 0 radical (unpaired) electrons. The third-order valence-corrected chi connectivity index (χ3v) is 7.10. The van der Waals surface area contributed by atoms with Crippen molar-refractivity contribution in [3.63, 3.8) is 0 Å². The maximum Gasteiger partial charge on any atom is 0.250 e. The number of hydrazone groups is 1. The van der Waals surface area contributed by atoms with Crippen LogP contribution in [0.2, 0.25) is 0 Å². The lowest BCUT2D eigenvalue weighted by atomic mass is 10.0. The van der Waals surface area contributed by atoms with Crippen LogP contribution in [0.3, 0.4) is 0 Å². The molecule has 1 atom stereocenters. The first-order valence-electron chi connectivity index (χ1n) is 13.4. The number of aromatic nitrogens is 4. The van der Waals surface area contributed by atoms with Crippen LogP contribution in [-0.4, -0.2) is 63.3 Å². The summed E-state index contributed by atoms with van der Waals surface area (Å²) in [4.78, 5) is 11.5. The second kappa shape index (κ2) is 12.2. The number of pyridine rings is 1. The topological polar surface area (TPSA) is 83.6 Å². The van der Waals surface area contributed by atoms with Crippen molar-refractivity contribution in [1.82, 2.24) is 30.1 Å². The maximum atomic E-state index is 15.9. The van der Waals surface area contributed by atoms with Gasteiger partial charge < -0.3 is 10.3 Å². The molecule has 0 aliphatic carbocycles. The molecule has 4 heterocycles. The Morgan fingerprint density at radius 3 is 2.87 bits per heavy atom. The number of nitrogens with zero attached hydrogens (tertiary/aromatic N) is 7. The van der Waals surface area contributed by atoms with E-state index >= 15 is 4.39 Å². The second-order valence-corrected chi connectivity index (χ2v) is 9.86. The maximum absolute atomic E-state index is 15.9. The van der Waals surface area contributed by atoms with E-state index in [2.05, 4.69) is 41.7 Å². The third-order valence-electron chi connectivity index (χ3n) is 7.10. The first kappa shape index (κ1) is 25.9. The number of alkyl halides is 1. The van der Waals surface area contributed by atoms with Gasteiger partial charge in [0.2, 0.25) is 0 Å². The Hall–Kier alpha value is -3.72. The van der Waals surface area contributed by atoms with Crippen molar-refractivity contribution in [3.8, 4) is 0 Å². The molecule has 2 aliphatic heterocycles. The van der Waals surface area contributed by atoms with Crippen molar-refractivity contribution in [2.24, 2.45) is 10.1 Å². The Morgan fingerprint density at radius 2 is 2.03 bits per heavy atom. The van der Waals surface area contributed by atoms with Gasteiger partial charge in [-0.15, -0.1) is 10.2 Å². The Bertz CT molecular complexity index is 1380. The lowest BCUT2D eigenvalue weighted by molar-refractivity contribution is 0.337. The van der Waals surface area contributed by atoms with Crippen molar-refractivity contribution in [1.29, 1.82) is 0 Å². The summed E-state index contributed by atoms with van der Waals surface area (Å²) in [6.45, 7) is 8.79. The Kier molecular flexibility index (Phi) is 8.33. The molecule has 1 saturated heterocycles. The number of fused-ring (bicyclic) bond motifs is 2. The number of halogens is 1. The number of hydrogen-bond donors (Lipinski definition) is 1. The molecule has 1 fully saturated rings. The summed E-state index contributed by atoms with van der Waals surface area (Å²) >= 11 is 0. The van der Waals surface area contributed by atoms with Crippen LogP contribution < -0.4 is 5.43 Å². The fourth-order valence-corrected chi connectivity index (χ4v) is 4.92. The average molecular weight is 515 g/mol. The zero-order valence-corrected chi connectivity index (χ0v) is 22.1. The minimum Gasteiger partial charge on any atom is -0.309 e. The fourth-order valence-electron chi connectivity index (χ4n) is 4.92. The highest BCUT2D eigenvalue weighted by Gasteiger charge is 2.23. The van der Waals surface area contributed by atoms with Gasteiger partial charge >= 0.3 is 0 Å². The number of likely N-dealkylation sites (tertiary alicyclic amines) is 1. The summed E-state index contributed by atoms with van der Waals surface area (Å²) in [5.74, 6) is 0.717. The molecule has 0 amide bonds. The zero-order chi connectivity index (χ0) is 26.3. The molecule has 1 unspecified atom stereocenters. The molecule has 0 saturated carbocycles. The predicted octanol–water partition coefficient (Wildman–Crippen LogP) is 5.40. The molecule has 198 valence electrons. The lowest BCUT2D eigenvalue weighted by Gasteiger charge is -2.13. The van der Waals surface area contributed by atoms with Crippen LogP contribution in [0.4, 0.5) is 10.3 Å². The smallest absolute Gasteiger partial charge is 0.250 e. The van der Waals surface area contributed by atoms with Crippen molar-refractivity contribution in [2.75, 3.05) is 26.2 Å². The highest BCUT2D eigenvalue weighted by atomic mass is 19.1. The number of nitrogens with one attached hydrogen (secondary N) is 1. The predicted molar refractivity (Wildman–Crippen MR) is 152 cm³/mol. The van der Waals surface area contributed by atoms with Crippen molar-refractivity contribution in [3.05, 3.63) is 65.1 Å². The summed E-state index contributed by atoms with van der Waals surface area (Å²) < 4.78 is 17.6. The molecule has 2 aliphatic rings. The fraction of sp³-hybridized carbons (Fsp3) is 0.414. The summed E-state index contributed by atoms with van der Waals surface area (Å²) in [6, 6.07) is 7.50. The quantitative estimate of drug-likeness (QED) is 0.247. The van der Waals surface area contributed by atoms with E-state index in [9.17, 15) is 0 Å². The highest BCUT2D eigenvalue weighted by Crippen LogP contribution is 2.30. The molecule has 0 bridgehead atoms.